The monoisotopic (exact) mass is 452 g/mol. The number of para-hydroxylation sites is 1. The van der Waals surface area contributed by atoms with Crippen molar-refractivity contribution in [2.24, 2.45) is 0 Å². The predicted molar refractivity (Wildman–Crippen MR) is 134 cm³/mol. The van der Waals surface area contributed by atoms with E-state index in [0.29, 0.717) is 23.1 Å². The number of anilines is 3. The number of fused-ring (bicyclic) bond motifs is 1. The Morgan fingerprint density at radius 3 is 2.47 bits per heavy atom. The number of aromatic nitrogens is 2. The van der Waals surface area contributed by atoms with Crippen molar-refractivity contribution in [3.8, 4) is 0 Å². The van der Waals surface area contributed by atoms with Crippen molar-refractivity contribution in [1.82, 2.24) is 15.3 Å². The molecule has 168 valence electrons. The van der Waals surface area contributed by atoms with Crippen LogP contribution in [-0.4, -0.2) is 41.3 Å². The molecule has 1 aliphatic rings. The van der Waals surface area contributed by atoms with Crippen molar-refractivity contribution in [3.05, 3.63) is 53.8 Å². The Morgan fingerprint density at radius 2 is 1.75 bits per heavy atom. The molecule has 0 aliphatic heterocycles. The Balaban J connectivity index is 1.32. The Bertz CT molecular complexity index is 1110. The van der Waals surface area contributed by atoms with E-state index in [9.17, 15) is 4.39 Å². The van der Waals surface area contributed by atoms with Gasteiger partial charge in [0.15, 0.2) is 5.11 Å². The lowest BCUT2D eigenvalue weighted by Gasteiger charge is -2.30. The topological polar surface area (TPSA) is 65.1 Å². The summed E-state index contributed by atoms with van der Waals surface area (Å²) >= 11 is 5.47. The average Bonchev–Trinajstić information content (AvgIpc) is 2.76. The highest BCUT2D eigenvalue weighted by atomic mass is 32.1. The largest absolute Gasteiger partial charge is 0.362 e. The van der Waals surface area contributed by atoms with Crippen molar-refractivity contribution in [2.45, 2.75) is 44.7 Å². The molecule has 0 amide bonds. The van der Waals surface area contributed by atoms with Gasteiger partial charge in [0.2, 0.25) is 5.95 Å². The number of thiocarbonyl (C=S) groups is 1. The highest BCUT2D eigenvalue weighted by Crippen LogP contribution is 2.26. The van der Waals surface area contributed by atoms with Crippen LogP contribution in [0, 0.1) is 12.7 Å². The number of rotatable bonds is 5. The van der Waals surface area contributed by atoms with Crippen LogP contribution < -0.4 is 20.9 Å². The highest BCUT2D eigenvalue weighted by Gasteiger charge is 2.23. The summed E-state index contributed by atoms with van der Waals surface area (Å²) < 4.78 is 13.3. The van der Waals surface area contributed by atoms with Crippen molar-refractivity contribution in [1.29, 1.82) is 0 Å². The zero-order valence-electron chi connectivity index (χ0n) is 18.7. The molecule has 0 atom stereocenters. The van der Waals surface area contributed by atoms with Gasteiger partial charge in [-0.05, 0) is 80.7 Å². The summed E-state index contributed by atoms with van der Waals surface area (Å²) in [6.45, 7) is 1.86. The number of nitrogens with zero attached hydrogens (tertiary/aromatic N) is 3. The maximum absolute atomic E-state index is 13.3. The van der Waals surface area contributed by atoms with Crippen LogP contribution in [0.1, 0.15) is 31.2 Å². The summed E-state index contributed by atoms with van der Waals surface area (Å²) in [5.74, 6) is 1.35. The third kappa shape index (κ3) is 5.24. The molecule has 8 heteroatoms. The van der Waals surface area contributed by atoms with Crippen molar-refractivity contribution in [3.63, 3.8) is 0 Å². The Morgan fingerprint density at radius 1 is 1.03 bits per heavy atom. The molecule has 0 saturated heterocycles. The van der Waals surface area contributed by atoms with Gasteiger partial charge in [0.25, 0.3) is 0 Å². The fourth-order valence-electron chi connectivity index (χ4n) is 4.14. The van der Waals surface area contributed by atoms with Crippen LogP contribution in [0.15, 0.2) is 42.5 Å². The van der Waals surface area contributed by atoms with Gasteiger partial charge in [0, 0.05) is 37.3 Å². The zero-order valence-corrected chi connectivity index (χ0v) is 19.5. The summed E-state index contributed by atoms with van der Waals surface area (Å²) in [5.41, 5.74) is 2.59. The van der Waals surface area contributed by atoms with Gasteiger partial charge < -0.3 is 20.9 Å². The lowest BCUT2D eigenvalue weighted by atomic mass is 9.91. The minimum absolute atomic E-state index is 0.245. The summed E-state index contributed by atoms with van der Waals surface area (Å²) in [6.07, 6.45) is 4.00. The molecule has 1 fully saturated rings. The van der Waals surface area contributed by atoms with Crippen molar-refractivity contribution >= 4 is 45.7 Å². The van der Waals surface area contributed by atoms with Crippen LogP contribution in [0.25, 0.3) is 10.9 Å². The Labute approximate surface area is 193 Å². The number of nitrogens with one attached hydrogen (secondary N) is 3. The number of aryl methyl sites for hydroxylation is 1. The second-order valence-electron chi connectivity index (χ2n) is 8.53. The van der Waals surface area contributed by atoms with E-state index >= 15 is 0 Å². The van der Waals surface area contributed by atoms with E-state index in [2.05, 4.69) is 22.0 Å². The molecule has 32 heavy (non-hydrogen) atoms. The van der Waals surface area contributed by atoms with E-state index in [1.54, 1.807) is 6.07 Å². The van der Waals surface area contributed by atoms with Crippen LogP contribution in [0.2, 0.25) is 0 Å². The highest BCUT2D eigenvalue weighted by molar-refractivity contribution is 7.80. The van der Waals surface area contributed by atoms with Gasteiger partial charge in [-0.25, -0.2) is 9.37 Å². The zero-order chi connectivity index (χ0) is 22.7. The smallest absolute Gasteiger partial charge is 0.225 e. The van der Waals surface area contributed by atoms with Gasteiger partial charge in [-0.15, -0.1) is 0 Å². The van der Waals surface area contributed by atoms with Crippen LogP contribution in [0.5, 0.6) is 0 Å². The van der Waals surface area contributed by atoms with E-state index in [0.717, 1.165) is 53.7 Å². The molecule has 0 bridgehead atoms. The number of hydrogen-bond acceptors (Lipinski definition) is 5. The van der Waals surface area contributed by atoms with Crippen molar-refractivity contribution in [2.75, 3.05) is 29.6 Å². The van der Waals surface area contributed by atoms with Crippen LogP contribution in [0.3, 0.4) is 0 Å². The normalized spacial score (nSPS) is 18.2. The van der Waals surface area contributed by atoms with Crippen LogP contribution >= 0.6 is 12.2 Å². The number of hydrogen-bond donors (Lipinski definition) is 3. The third-order valence-corrected chi connectivity index (χ3v) is 6.06. The summed E-state index contributed by atoms with van der Waals surface area (Å²) in [7, 11) is 4.00. The van der Waals surface area contributed by atoms with E-state index < -0.39 is 0 Å². The minimum atomic E-state index is -0.245. The molecule has 3 N–H and O–H groups in total. The molecule has 1 heterocycles. The third-order valence-electron chi connectivity index (χ3n) is 5.84. The lowest BCUT2D eigenvalue weighted by Crippen LogP contribution is -2.42. The lowest BCUT2D eigenvalue weighted by molar-refractivity contribution is 0.387. The molecule has 4 rings (SSSR count). The van der Waals surface area contributed by atoms with Gasteiger partial charge in [-0.1, -0.05) is 12.1 Å². The fraction of sp³-hybridized carbons (Fsp3) is 0.375. The fourth-order valence-corrected chi connectivity index (χ4v) is 4.42. The second kappa shape index (κ2) is 9.65. The van der Waals surface area contributed by atoms with Gasteiger partial charge in [0.05, 0.1) is 5.52 Å². The molecule has 1 saturated carbocycles. The molecular weight excluding hydrogens is 423 g/mol. The first-order chi connectivity index (χ1) is 15.4. The minimum Gasteiger partial charge on any atom is -0.362 e. The number of halogens is 1. The number of benzene rings is 2. The first-order valence-corrected chi connectivity index (χ1v) is 11.3. The van der Waals surface area contributed by atoms with E-state index in [-0.39, 0.29) is 5.82 Å². The van der Waals surface area contributed by atoms with Gasteiger partial charge >= 0.3 is 0 Å². The van der Waals surface area contributed by atoms with Crippen molar-refractivity contribution < 1.29 is 4.39 Å². The molecule has 3 aromatic rings. The SMILES string of the molecule is Cc1cc(F)ccc1NC(=S)NC1CCC(Nc2nc(N(C)C)c3ccccc3n2)CC1. The van der Waals surface area contributed by atoms with Gasteiger partial charge in [0.1, 0.15) is 11.6 Å². The molecule has 0 unspecified atom stereocenters. The summed E-state index contributed by atoms with van der Waals surface area (Å²) in [6, 6.07) is 13.4. The van der Waals surface area contributed by atoms with Gasteiger partial charge in [-0.3, -0.25) is 0 Å². The molecule has 1 aromatic heterocycles. The Hall–Kier alpha value is -3.00. The van der Waals surface area contributed by atoms with Gasteiger partial charge in [-0.2, -0.15) is 4.98 Å². The van der Waals surface area contributed by atoms with E-state index in [4.69, 9.17) is 22.2 Å². The molecule has 0 radical (unpaired) electrons. The van der Waals surface area contributed by atoms with E-state index in [1.807, 2.05) is 44.1 Å². The quantitative estimate of drug-likeness (QED) is 0.478. The molecule has 1 aliphatic carbocycles. The maximum atomic E-state index is 13.3. The summed E-state index contributed by atoms with van der Waals surface area (Å²) in [4.78, 5) is 11.5. The first-order valence-electron chi connectivity index (χ1n) is 10.9. The molecule has 2 aromatic carbocycles. The molecule has 6 nitrogen and oxygen atoms in total. The molecular formula is C24H29FN6S. The van der Waals surface area contributed by atoms with Crippen LogP contribution in [0.4, 0.5) is 21.8 Å². The Kier molecular flexibility index (Phi) is 6.69. The van der Waals surface area contributed by atoms with Crippen LogP contribution in [-0.2, 0) is 0 Å². The predicted octanol–water partition coefficient (Wildman–Crippen LogP) is 4.85. The maximum Gasteiger partial charge on any atom is 0.225 e. The van der Waals surface area contributed by atoms with E-state index in [1.165, 1.54) is 12.1 Å². The second-order valence-corrected chi connectivity index (χ2v) is 8.94. The summed E-state index contributed by atoms with van der Waals surface area (Å²) in [5, 5.41) is 11.7. The average molecular weight is 453 g/mol. The standard InChI is InChI=1S/C24H29FN6S/c1-15-14-16(25)8-13-20(15)29-24(32)27-18-11-9-17(10-12-18)26-23-28-21-7-5-4-6-19(21)22(30-23)31(2)3/h4-8,13-14,17-18H,9-12H2,1-3H3,(H,26,28,30)(H2,27,29,32). The molecule has 0 spiro atoms. The first kappa shape index (κ1) is 22.2.